The first-order chi connectivity index (χ1) is 16.0. The molecule has 0 saturated carbocycles. The van der Waals surface area contributed by atoms with Gasteiger partial charge in [0.1, 0.15) is 11.5 Å². The van der Waals surface area contributed by atoms with Crippen molar-refractivity contribution in [1.82, 2.24) is 9.97 Å². The summed E-state index contributed by atoms with van der Waals surface area (Å²) in [6.07, 6.45) is 1.66. The minimum absolute atomic E-state index is 0.273. The summed E-state index contributed by atoms with van der Waals surface area (Å²) in [6.45, 7) is 0. The molecule has 0 unspecified atom stereocenters. The summed E-state index contributed by atoms with van der Waals surface area (Å²) in [7, 11) is 0. The van der Waals surface area contributed by atoms with Gasteiger partial charge in [0.05, 0.1) is 4.90 Å². The van der Waals surface area contributed by atoms with Gasteiger partial charge in [0.15, 0.2) is 5.16 Å². The summed E-state index contributed by atoms with van der Waals surface area (Å²) >= 11 is 12.2. The summed E-state index contributed by atoms with van der Waals surface area (Å²) in [4.78, 5) is 23.7. The lowest BCUT2D eigenvalue weighted by atomic mass is 10.2. The lowest BCUT2D eigenvalue weighted by Crippen LogP contribution is -2.15. The number of hydrogen-bond donors (Lipinski definition) is 1. The van der Waals surface area contributed by atoms with Gasteiger partial charge in [0.2, 0.25) is 0 Å². The number of amides is 1. The summed E-state index contributed by atoms with van der Waals surface area (Å²) in [5, 5.41) is 3.91. The molecule has 4 rings (SSSR count). The van der Waals surface area contributed by atoms with Crippen molar-refractivity contribution in [3.63, 3.8) is 0 Å². The Kier molecular flexibility index (Phi) is 8.03. The zero-order valence-electron chi connectivity index (χ0n) is 17.0. The number of halogens is 3. The monoisotopic (exact) mass is 559 g/mol. The zero-order valence-corrected chi connectivity index (χ0v) is 20.9. The fourth-order valence-electron chi connectivity index (χ4n) is 2.74. The molecule has 0 aliphatic carbocycles. The quantitative estimate of drug-likeness (QED) is 0.185. The van der Waals surface area contributed by atoms with Crippen molar-refractivity contribution in [1.29, 1.82) is 0 Å². The molecule has 0 atom stereocenters. The van der Waals surface area contributed by atoms with Crippen molar-refractivity contribution in [2.75, 3.05) is 5.32 Å². The summed E-state index contributed by atoms with van der Waals surface area (Å²) in [6, 6.07) is 20.9. The molecular formula is C24H16BrClFN3OS2. The predicted octanol–water partition coefficient (Wildman–Crippen LogP) is 7.73. The number of carbonyl (C=O) groups is 1. The number of carbonyl (C=O) groups excluding carboxylic acids is 1. The maximum Gasteiger partial charge on any atom is 0.275 e. The first-order valence-corrected chi connectivity index (χ1v) is 12.7. The number of anilines is 1. The van der Waals surface area contributed by atoms with Crippen molar-refractivity contribution in [3.05, 3.63) is 106 Å². The average molecular weight is 561 g/mol. The molecule has 166 valence electrons. The van der Waals surface area contributed by atoms with Gasteiger partial charge >= 0.3 is 0 Å². The molecule has 0 spiro atoms. The Labute approximate surface area is 212 Å². The smallest absolute Gasteiger partial charge is 0.275 e. The molecule has 4 aromatic rings. The Balaban J connectivity index is 1.58. The van der Waals surface area contributed by atoms with E-state index in [1.807, 2.05) is 24.3 Å². The molecule has 9 heteroatoms. The summed E-state index contributed by atoms with van der Waals surface area (Å²) in [5.41, 5.74) is 1.82. The molecule has 0 bridgehead atoms. The van der Waals surface area contributed by atoms with Gasteiger partial charge in [-0.15, -0.1) is 0 Å². The van der Waals surface area contributed by atoms with Gasteiger partial charge in [0, 0.05) is 32.0 Å². The van der Waals surface area contributed by atoms with E-state index in [0.717, 1.165) is 14.9 Å². The van der Waals surface area contributed by atoms with Crippen LogP contribution in [0.1, 0.15) is 16.1 Å². The van der Waals surface area contributed by atoms with Crippen LogP contribution < -0.4 is 5.32 Å². The summed E-state index contributed by atoms with van der Waals surface area (Å²) < 4.78 is 14.1. The molecule has 4 nitrogen and oxygen atoms in total. The van der Waals surface area contributed by atoms with Crippen LogP contribution in [0.2, 0.25) is 5.02 Å². The lowest BCUT2D eigenvalue weighted by molar-refractivity contribution is 0.101. The molecule has 3 aromatic carbocycles. The third-order valence-electron chi connectivity index (χ3n) is 4.37. The van der Waals surface area contributed by atoms with E-state index in [4.69, 9.17) is 11.6 Å². The highest BCUT2D eigenvalue weighted by Gasteiger charge is 2.17. The number of nitrogens with zero attached hydrogens (tertiary/aromatic N) is 2. The highest BCUT2D eigenvalue weighted by molar-refractivity contribution is 9.10. The van der Waals surface area contributed by atoms with E-state index in [-0.39, 0.29) is 17.4 Å². The molecule has 0 aliphatic heterocycles. The topological polar surface area (TPSA) is 54.9 Å². The Hall–Kier alpha value is -2.39. The van der Waals surface area contributed by atoms with E-state index < -0.39 is 0 Å². The van der Waals surface area contributed by atoms with E-state index in [0.29, 0.717) is 26.5 Å². The first kappa shape index (κ1) is 23.8. The van der Waals surface area contributed by atoms with Crippen molar-refractivity contribution in [2.24, 2.45) is 0 Å². The van der Waals surface area contributed by atoms with Crippen LogP contribution in [0.4, 0.5) is 10.1 Å². The molecule has 33 heavy (non-hydrogen) atoms. The average Bonchev–Trinajstić information content (AvgIpc) is 2.82. The van der Waals surface area contributed by atoms with E-state index >= 15 is 0 Å². The zero-order chi connectivity index (χ0) is 23.2. The van der Waals surface area contributed by atoms with E-state index in [9.17, 15) is 9.18 Å². The van der Waals surface area contributed by atoms with Gasteiger partial charge in [-0.25, -0.2) is 14.4 Å². The lowest BCUT2D eigenvalue weighted by Gasteiger charge is -2.11. The van der Waals surface area contributed by atoms with Crippen molar-refractivity contribution in [3.8, 4) is 0 Å². The highest BCUT2D eigenvalue weighted by atomic mass is 79.9. The molecule has 0 saturated heterocycles. The minimum Gasteiger partial charge on any atom is -0.321 e. The Bertz CT molecular complexity index is 1260. The van der Waals surface area contributed by atoms with Crippen LogP contribution in [0.25, 0.3) is 0 Å². The Morgan fingerprint density at radius 3 is 2.39 bits per heavy atom. The van der Waals surface area contributed by atoms with Crippen LogP contribution in [0.5, 0.6) is 0 Å². The molecule has 1 N–H and O–H groups in total. The number of thioether (sulfide) groups is 1. The van der Waals surface area contributed by atoms with Crippen LogP contribution in [-0.2, 0) is 5.75 Å². The molecule has 1 amide bonds. The molecular weight excluding hydrogens is 545 g/mol. The number of hydrogen-bond acceptors (Lipinski definition) is 5. The normalized spacial score (nSPS) is 10.8. The van der Waals surface area contributed by atoms with Crippen LogP contribution in [0.3, 0.4) is 0 Å². The molecule has 0 aliphatic rings. The van der Waals surface area contributed by atoms with Gasteiger partial charge < -0.3 is 5.32 Å². The molecule has 0 fully saturated rings. The van der Waals surface area contributed by atoms with Gasteiger partial charge in [-0.1, -0.05) is 63.2 Å². The highest BCUT2D eigenvalue weighted by Crippen LogP contribution is 2.32. The second kappa shape index (κ2) is 11.2. The maximum absolute atomic E-state index is 13.1. The second-order valence-corrected chi connectivity index (χ2v) is 10.2. The van der Waals surface area contributed by atoms with Crippen LogP contribution >= 0.6 is 51.1 Å². The van der Waals surface area contributed by atoms with Crippen molar-refractivity contribution < 1.29 is 9.18 Å². The van der Waals surface area contributed by atoms with Gasteiger partial charge in [-0.2, -0.15) is 0 Å². The van der Waals surface area contributed by atoms with Crippen LogP contribution in [-0.4, -0.2) is 15.9 Å². The maximum atomic E-state index is 13.1. The van der Waals surface area contributed by atoms with E-state index in [2.05, 4.69) is 31.2 Å². The summed E-state index contributed by atoms with van der Waals surface area (Å²) in [5.74, 6) is -0.0731. The SMILES string of the molecule is O=C(Nc1ccc(Cl)cc1)c1nc(SCc2ccc(F)cc2)ncc1Sc1ccc(Br)cc1. The first-order valence-electron chi connectivity index (χ1n) is 9.71. The second-order valence-electron chi connectivity index (χ2n) is 6.80. The Morgan fingerprint density at radius 2 is 1.70 bits per heavy atom. The van der Waals surface area contributed by atoms with Crippen molar-refractivity contribution >= 4 is 62.6 Å². The number of benzene rings is 3. The van der Waals surface area contributed by atoms with Gasteiger partial charge in [-0.3, -0.25) is 4.79 Å². The molecule has 1 heterocycles. The standard InChI is InChI=1S/C24H16BrClFN3OS2/c25-16-3-11-20(12-4-16)33-21-13-28-24(32-14-15-1-7-18(27)8-2-15)30-22(21)23(31)29-19-9-5-17(26)6-10-19/h1-13H,14H2,(H,29,31). The van der Waals surface area contributed by atoms with Gasteiger partial charge in [-0.05, 0) is 66.2 Å². The molecule has 0 radical (unpaired) electrons. The third-order valence-corrected chi connectivity index (χ3v) is 7.11. The van der Waals surface area contributed by atoms with E-state index in [1.165, 1.54) is 35.7 Å². The van der Waals surface area contributed by atoms with Crippen LogP contribution in [0.15, 0.2) is 98.4 Å². The number of aromatic nitrogens is 2. The number of rotatable bonds is 7. The van der Waals surface area contributed by atoms with Crippen LogP contribution in [0, 0.1) is 5.82 Å². The third kappa shape index (κ3) is 6.80. The van der Waals surface area contributed by atoms with Crippen molar-refractivity contribution in [2.45, 2.75) is 20.7 Å². The fourth-order valence-corrected chi connectivity index (χ4v) is 4.77. The fraction of sp³-hybridized carbons (Fsp3) is 0.0417. The molecule has 1 aromatic heterocycles. The van der Waals surface area contributed by atoms with E-state index in [1.54, 1.807) is 42.6 Å². The van der Waals surface area contributed by atoms with Gasteiger partial charge in [0.25, 0.3) is 5.91 Å². The largest absolute Gasteiger partial charge is 0.321 e. The minimum atomic E-state index is -0.344. The Morgan fingerprint density at radius 1 is 1.00 bits per heavy atom. The predicted molar refractivity (Wildman–Crippen MR) is 136 cm³/mol. The number of nitrogens with one attached hydrogen (secondary N) is 1.